The molecule has 0 aliphatic rings. The molecule has 92 valence electrons. The van der Waals surface area contributed by atoms with Crippen LogP contribution in [0.3, 0.4) is 0 Å². The largest absolute Gasteiger partial charge is 0.493 e. The van der Waals surface area contributed by atoms with Crippen molar-refractivity contribution in [2.75, 3.05) is 21.3 Å². The van der Waals surface area contributed by atoms with Gasteiger partial charge < -0.3 is 14.8 Å². The summed E-state index contributed by atoms with van der Waals surface area (Å²) in [6.45, 7) is 1.90. The lowest BCUT2D eigenvalue weighted by atomic mass is 10.1. The molecular weight excluding hydrogens is 218 g/mol. The highest BCUT2D eigenvalue weighted by atomic mass is 16.5. The average molecular weight is 235 g/mol. The van der Waals surface area contributed by atoms with Crippen molar-refractivity contribution in [2.45, 2.75) is 6.92 Å². The minimum Gasteiger partial charge on any atom is -0.493 e. The smallest absolute Gasteiger partial charge is 0.251 e. The molecule has 0 radical (unpaired) electrons. The van der Waals surface area contributed by atoms with Gasteiger partial charge >= 0.3 is 0 Å². The third-order valence-electron chi connectivity index (χ3n) is 2.34. The predicted molar refractivity (Wildman–Crippen MR) is 67.6 cm³/mol. The van der Waals surface area contributed by atoms with Crippen molar-refractivity contribution >= 4 is 12.0 Å². The Hall–Kier alpha value is -1.97. The molecule has 0 heterocycles. The van der Waals surface area contributed by atoms with Crippen molar-refractivity contribution in [2.24, 2.45) is 0 Å². The summed E-state index contributed by atoms with van der Waals surface area (Å²) in [5.74, 6) is 1.01. The number of nitrogens with one attached hydrogen (secondary N) is 1. The van der Waals surface area contributed by atoms with E-state index in [0.717, 1.165) is 5.56 Å². The number of hydrogen-bond donors (Lipinski definition) is 1. The van der Waals surface area contributed by atoms with Gasteiger partial charge in [-0.05, 0) is 19.1 Å². The maximum absolute atomic E-state index is 11.6. The Morgan fingerprint density at radius 3 is 2.47 bits per heavy atom. The summed E-state index contributed by atoms with van der Waals surface area (Å²) in [6.07, 6.45) is 3.75. The molecule has 0 spiro atoms. The standard InChI is InChI=1S/C13H17NO3/c1-5-6-9-7-10(13(15)14-2)8-11(16-3)12(9)17-4/h5-8H,1-4H3,(H,14,15)/b6-5-. The Balaban J connectivity index is 3.39. The van der Waals surface area contributed by atoms with Gasteiger partial charge in [-0.2, -0.15) is 0 Å². The van der Waals surface area contributed by atoms with E-state index in [9.17, 15) is 4.79 Å². The molecular formula is C13H17NO3. The molecule has 0 saturated carbocycles. The van der Waals surface area contributed by atoms with E-state index in [-0.39, 0.29) is 5.91 Å². The summed E-state index contributed by atoms with van der Waals surface area (Å²) in [5.41, 5.74) is 1.35. The lowest BCUT2D eigenvalue weighted by molar-refractivity contribution is 0.0962. The Morgan fingerprint density at radius 2 is 2.00 bits per heavy atom. The van der Waals surface area contributed by atoms with E-state index in [2.05, 4.69) is 5.32 Å². The molecule has 1 N–H and O–H groups in total. The fourth-order valence-corrected chi connectivity index (χ4v) is 1.57. The summed E-state index contributed by atoms with van der Waals surface area (Å²) < 4.78 is 10.5. The second-order valence-corrected chi connectivity index (χ2v) is 3.38. The fraction of sp³-hybridized carbons (Fsp3) is 0.308. The second kappa shape index (κ2) is 5.94. The van der Waals surface area contributed by atoms with Gasteiger partial charge in [0.1, 0.15) is 0 Å². The van der Waals surface area contributed by atoms with Gasteiger partial charge in [0.15, 0.2) is 11.5 Å². The predicted octanol–water partition coefficient (Wildman–Crippen LogP) is 2.10. The third kappa shape index (κ3) is 2.78. The molecule has 4 nitrogen and oxygen atoms in total. The molecule has 0 aromatic heterocycles. The first-order chi connectivity index (χ1) is 8.17. The second-order valence-electron chi connectivity index (χ2n) is 3.38. The molecule has 0 fully saturated rings. The lowest BCUT2D eigenvalue weighted by Crippen LogP contribution is -2.18. The molecule has 0 aliphatic heterocycles. The van der Waals surface area contributed by atoms with Crippen LogP contribution in [0, 0.1) is 0 Å². The molecule has 0 aliphatic carbocycles. The number of methoxy groups -OCH3 is 2. The minimum absolute atomic E-state index is 0.156. The van der Waals surface area contributed by atoms with Gasteiger partial charge in [-0.25, -0.2) is 0 Å². The number of hydrogen-bond acceptors (Lipinski definition) is 3. The average Bonchev–Trinajstić information content (AvgIpc) is 2.37. The summed E-state index contributed by atoms with van der Waals surface area (Å²) >= 11 is 0. The maximum atomic E-state index is 11.6. The van der Waals surface area contributed by atoms with Gasteiger partial charge in [0.05, 0.1) is 14.2 Å². The van der Waals surface area contributed by atoms with E-state index in [1.807, 2.05) is 19.1 Å². The normalized spacial score (nSPS) is 10.4. The number of ether oxygens (including phenoxy) is 2. The van der Waals surface area contributed by atoms with Gasteiger partial charge in [0, 0.05) is 18.2 Å². The number of carbonyl (C=O) groups is 1. The monoisotopic (exact) mass is 235 g/mol. The molecule has 1 rings (SSSR count). The van der Waals surface area contributed by atoms with E-state index in [4.69, 9.17) is 9.47 Å². The van der Waals surface area contributed by atoms with Crippen LogP contribution >= 0.6 is 0 Å². The van der Waals surface area contributed by atoms with Crippen LogP contribution in [0.5, 0.6) is 11.5 Å². The van der Waals surface area contributed by atoms with Crippen LogP contribution in [-0.4, -0.2) is 27.2 Å². The zero-order chi connectivity index (χ0) is 12.8. The molecule has 1 aromatic rings. The first-order valence-corrected chi connectivity index (χ1v) is 5.28. The van der Waals surface area contributed by atoms with E-state index in [1.54, 1.807) is 33.4 Å². The maximum Gasteiger partial charge on any atom is 0.251 e. The van der Waals surface area contributed by atoms with E-state index in [0.29, 0.717) is 17.1 Å². The van der Waals surface area contributed by atoms with E-state index >= 15 is 0 Å². The Bertz CT molecular complexity index is 439. The highest BCUT2D eigenvalue weighted by molar-refractivity contribution is 5.95. The zero-order valence-electron chi connectivity index (χ0n) is 10.5. The number of carbonyl (C=O) groups excluding carboxylic acids is 1. The van der Waals surface area contributed by atoms with Gasteiger partial charge in [-0.1, -0.05) is 12.2 Å². The van der Waals surface area contributed by atoms with Crippen molar-refractivity contribution in [3.8, 4) is 11.5 Å². The molecule has 0 bridgehead atoms. The molecule has 1 aromatic carbocycles. The van der Waals surface area contributed by atoms with Gasteiger partial charge in [-0.3, -0.25) is 4.79 Å². The number of allylic oxidation sites excluding steroid dienone is 1. The summed E-state index contributed by atoms with van der Waals surface area (Å²) in [7, 11) is 4.71. The highest BCUT2D eigenvalue weighted by Gasteiger charge is 2.13. The Labute approximate surface area is 101 Å². The van der Waals surface area contributed by atoms with Gasteiger partial charge in [0.2, 0.25) is 0 Å². The van der Waals surface area contributed by atoms with Crippen LogP contribution in [-0.2, 0) is 0 Å². The van der Waals surface area contributed by atoms with Crippen LogP contribution in [0.4, 0.5) is 0 Å². The third-order valence-corrected chi connectivity index (χ3v) is 2.34. The van der Waals surface area contributed by atoms with Crippen molar-refractivity contribution in [3.63, 3.8) is 0 Å². The van der Waals surface area contributed by atoms with Crippen LogP contribution in [0.2, 0.25) is 0 Å². The van der Waals surface area contributed by atoms with Gasteiger partial charge in [0.25, 0.3) is 5.91 Å². The highest BCUT2D eigenvalue weighted by Crippen LogP contribution is 2.33. The van der Waals surface area contributed by atoms with Crippen LogP contribution in [0.15, 0.2) is 18.2 Å². The summed E-state index contributed by atoms with van der Waals surface area (Å²) in [6, 6.07) is 3.42. The number of rotatable bonds is 4. The topological polar surface area (TPSA) is 47.6 Å². The van der Waals surface area contributed by atoms with Crippen molar-refractivity contribution < 1.29 is 14.3 Å². The molecule has 17 heavy (non-hydrogen) atoms. The van der Waals surface area contributed by atoms with Crippen LogP contribution in [0.25, 0.3) is 6.08 Å². The summed E-state index contributed by atoms with van der Waals surface area (Å²) in [5, 5.41) is 2.58. The van der Waals surface area contributed by atoms with E-state index in [1.165, 1.54) is 0 Å². The molecule has 0 atom stereocenters. The lowest BCUT2D eigenvalue weighted by Gasteiger charge is -2.12. The Kier molecular flexibility index (Phi) is 4.57. The molecule has 4 heteroatoms. The number of benzene rings is 1. The first kappa shape index (κ1) is 13.1. The minimum atomic E-state index is -0.156. The van der Waals surface area contributed by atoms with Crippen LogP contribution < -0.4 is 14.8 Å². The van der Waals surface area contributed by atoms with Gasteiger partial charge in [-0.15, -0.1) is 0 Å². The molecule has 1 amide bonds. The van der Waals surface area contributed by atoms with Crippen molar-refractivity contribution in [1.29, 1.82) is 0 Å². The molecule has 0 saturated heterocycles. The quantitative estimate of drug-likeness (QED) is 0.869. The fourth-order valence-electron chi connectivity index (χ4n) is 1.57. The first-order valence-electron chi connectivity index (χ1n) is 5.28. The van der Waals surface area contributed by atoms with E-state index < -0.39 is 0 Å². The number of amides is 1. The van der Waals surface area contributed by atoms with Crippen molar-refractivity contribution in [1.82, 2.24) is 5.32 Å². The SMILES string of the molecule is C/C=C\c1cc(C(=O)NC)cc(OC)c1OC. The van der Waals surface area contributed by atoms with Crippen LogP contribution in [0.1, 0.15) is 22.8 Å². The Morgan fingerprint density at radius 1 is 1.29 bits per heavy atom. The zero-order valence-corrected chi connectivity index (χ0v) is 10.5. The molecule has 0 unspecified atom stereocenters. The summed E-state index contributed by atoms with van der Waals surface area (Å²) in [4.78, 5) is 11.6. The van der Waals surface area contributed by atoms with Crippen molar-refractivity contribution in [3.05, 3.63) is 29.3 Å².